The maximum Gasteiger partial charge on any atom is 0.220 e. The van der Waals surface area contributed by atoms with Crippen LogP contribution in [-0.2, 0) is 46.5 Å². The fourth-order valence-corrected chi connectivity index (χ4v) is 6.41. The number of carbonyl (C=O) groups is 7. The van der Waals surface area contributed by atoms with E-state index in [4.69, 9.17) is 10.7 Å². The number of carbonyl (C=O) groups excluding carboxylic acids is 7. The summed E-state index contributed by atoms with van der Waals surface area (Å²) < 4.78 is 2.25. The number of aromatic nitrogens is 3. The smallest absolute Gasteiger partial charge is 0.220 e. The minimum Gasteiger partial charge on any atom is -0.382 e. The van der Waals surface area contributed by atoms with Gasteiger partial charge in [0.25, 0.3) is 0 Å². The number of pyridine rings is 1. The third-order valence-electron chi connectivity index (χ3n) is 9.72. The molecule has 6 N–H and O–H groups in total. The van der Waals surface area contributed by atoms with Gasteiger partial charge in [-0.2, -0.15) is 0 Å². The number of imidazole rings is 1. The van der Waals surface area contributed by atoms with E-state index in [0.29, 0.717) is 38.0 Å². The first-order valence-electron chi connectivity index (χ1n) is 20.0. The lowest BCUT2D eigenvalue weighted by atomic mass is 10.1. The standard InChI is InChI=1S/C41H60N8O7/c1-4-5-17-35-48-39-40(32-14-8-9-16-34(32)47-41(39)42)49(35)25-12-6-7-13-29(51)18-21-37(55)45-27-31(53)20-23-38(56)46-26-30(52)19-22-36(54)44-24-11-10-15-33(43-3)28(2)50/h8-9,14,16,33,43H,4-7,10-13,15,17-27H2,1-3H3,(H2,42,47)(H,44,54)(H,45,55)(H,46,56). The number of nitrogens with two attached hydrogens (primary N) is 1. The number of fused-ring (bicyclic) bond motifs is 3. The molecule has 2 aromatic heterocycles. The van der Waals surface area contributed by atoms with Gasteiger partial charge in [0.2, 0.25) is 17.7 Å². The van der Waals surface area contributed by atoms with Crippen LogP contribution in [0.1, 0.15) is 116 Å². The zero-order valence-corrected chi connectivity index (χ0v) is 33.3. The van der Waals surface area contributed by atoms with Gasteiger partial charge < -0.3 is 31.6 Å². The Balaban J connectivity index is 1.24. The molecule has 0 aliphatic heterocycles. The second-order valence-electron chi connectivity index (χ2n) is 14.3. The zero-order chi connectivity index (χ0) is 40.9. The third-order valence-corrected chi connectivity index (χ3v) is 9.72. The van der Waals surface area contributed by atoms with Crippen molar-refractivity contribution in [2.45, 2.75) is 129 Å². The van der Waals surface area contributed by atoms with Crippen molar-refractivity contribution in [3.05, 3.63) is 30.1 Å². The molecule has 3 amide bonds. The second kappa shape index (κ2) is 24.5. The molecule has 0 saturated heterocycles. The summed E-state index contributed by atoms with van der Waals surface area (Å²) in [7, 11) is 1.73. The summed E-state index contributed by atoms with van der Waals surface area (Å²) in [6, 6.07) is 7.73. The molecule has 3 aromatic rings. The van der Waals surface area contributed by atoms with Gasteiger partial charge in [0.1, 0.15) is 22.9 Å². The molecule has 1 unspecified atom stereocenters. The Morgan fingerprint density at radius 1 is 0.714 bits per heavy atom. The summed E-state index contributed by atoms with van der Waals surface area (Å²) >= 11 is 0. The number of nitrogens with zero attached hydrogens (tertiary/aromatic N) is 3. The van der Waals surface area contributed by atoms with Crippen LogP contribution in [0.25, 0.3) is 21.9 Å². The van der Waals surface area contributed by atoms with Crippen molar-refractivity contribution in [3.63, 3.8) is 0 Å². The normalized spacial score (nSPS) is 11.7. The van der Waals surface area contributed by atoms with E-state index < -0.39 is 11.8 Å². The Labute approximate surface area is 329 Å². The van der Waals surface area contributed by atoms with Gasteiger partial charge in [0.15, 0.2) is 17.4 Å². The van der Waals surface area contributed by atoms with Crippen LogP contribution in [0.4, 0.5) is 5.82 Å². The van der Waals surface area contributed by atoms with Crippen molar-refractivity contribution in [1.29, 1.82) is 0 Å². The molecule has 0 bridgehead atoms. The van der Waals surface area contributed by atoms with Crippen LogP contribution in [0.2, 0.25) is 0 Å². The Morgan fingerprint density at radius 2 is 1.34 bits per heavy atom. The minimum atomic E-state index is -0.482. The van der Waals surface area contributed by atoms with Crippen LogP contribution in [0.3, 0.4) is 0 Å². The number of para-hydroxylation sites is 1. The van der Waals surface area contributed by atoms with Crippen molar-refractivity contribution in [2.24, 2.45) is 0 Å². The molecule has 1 aromatic carbocycles. The highest BCUT2D eigenvalue weighted by molar-refractivity contribution is 6.06. The summed E-state index contributed by atoms with van der Waals surface area (Å²) in [5, 5.41) is 11.7. The van der Waals surface area contributed by atoms with E-state index in [1.807, 2.05) is 24.3 Å². The van der Waals surface area contributed by atoms with Crippen LogP contribution in [-0.4, -0.2) is 88.1 Å². The largest absolute Gasteiger partial charge is 0.382 e. The molecule has 0 aliphatic carbocycles. The van der Waals surface area contributed by atoms with E-state index in [9.17, 15) is 33.6 Å². The molecule has 0 fully saturated rings. The van der Waals surface area contributed by atoms with E-state index in [1.165, 1.54) is 6.92 Å². The molecule has 0 aliphatic rings. The van der Waals surface area contributed by atoms with Gasteiger partial charge >= 0.3 is 0 Å². The number of hydrogen-bond acceptors (Lipinski definition) is 11. The van der Waals surface area contributed by atoms with Gasteiger partial charge in [-0.15, -0.1) is 0 Å². The predicted octanol–water partition coefficient (Wildman–Crippen LogP) is 3.81. The number of hydrogen-bond donors (Lipinski definition) is 5. The lowest BCUT2D eigenvalue weighted by Crippen LogP contribution is -2.33. The molecule has 0 radical (unpaired) electrons. The summed E-state index contributed by atoms with van der Waals surface area (Å²) in [4.78, 5) is 94.0. The van der Waals surface area contributed by atoms with E-state index in [1.54, 1.807) is 7.05 Å². The Morgan fingerprint density at radius 3 is 1.96 bits per heavy atom. The number of anilines is 1. The van der Waals surface area contributed by atoms with Crippen LogP contribution >= 0.6 is 0 Å². The number of nitrogen functional groups attached to an aromatic ring is 1. The summed E-state index contributed by atoms with van der Waals surface area (Å²) in [6.07, 6.45) is 7.63. The molecule has 0 saturated carbocycles. The molecule has 1 atom stereocenters. The number of benzene rings is 1. The number of likely N-dealkylation sites (N-methyl/N-ethyl adjacent to an activating group) is 1. The number of nitrogens with one attached hydrogen (secondary N) is 4. The SMILES string of the molecule is CCCCc1nc2c(N)nc3ccccc3c2n1CCCCCC(=O)CCC(=O)NCC(=O)CCC(=O)NCC(=O)CCC(=O)NCCCCC(NC)C(C)=O. The first-order chi connectivity index (χ1) is 26.9. The maximum atomic E-state index is 12.5. The van der Waals surface area contributed by atoms with E-state index >= 15 is 0 Å². The Kier molecular flexibility index (Phi) is 19.8. The van der Waals surface area contributed by atoms with Crippen LogP contribution in [0, 0.1) is 0 Å². The molecule has 15 nitrogen and oxygen atoms in total. The number of aryl methyl sites for hydroxylation is 2. The average Bonchev–Trinajstić information content (AvgIpc) is 3.55. The zero-order valence-electron chi connectivity index (χ0n) is 33.3. The van der Waals surface area contributed by atoms with E-state index in [0.717, 1.165) is 72.8 Å². The van der Waals surface area contributed by atoms with E-state index in [-0.39, 0.29) is 86.7 Å². The maximum absolute atomic E-state index is 12.5. The highest BCUT2D eigenvalue weighted by Crippen LogP contribution is 2.29. The van der Waals surface area contributed by atoms with Gasteiger partial charge in [-0.3, -0.25) is 33.6 Å². The van der Waals surface area contributed by atoms with Gasteiger partial charge in [-0.05, 0) is 58.6 Å². The fraction of sp³-hybridized carbons (Fsp3) is 0.585. The fourth-order valence-electron chi connectivity index (χ4n) is 6.41. The summed E-state index contributed by atoms with van der Waals surface area (Å²) in [5.74, 6) is -0.330. The molecular formula is C41H60N8O7. The first-order valence-corrected chi connectivity index (χ1v) is 20.0. The Hall–Kier alpha value is -5.05. The van der Waals surface area contributed by atoms with Crippen molar-refractivity contribution in [3.8, 4) is 0 Å². The lowest BCUT2D eigenvalue weighted by Gasteiger charge is -2.12. The number of ketones is 4. The quantitative estimate of drug-likeness (QED) is 0.0638. The van der Waals surface area contributed by atoms with Crippen molar-refractivity contribution < 1.29 is 33.6 Å². The Bertz CT molecular complexity index is 1820. The van der Waals surface area contributed by atoms with Crippen molar-refractivity contribution >= 4 is 68.6 Å². The highest BCUT2D eigenvalue weighted by atomic mass is 16.2. The molecule has 15 heteroatoms. The molecule has 0 spiro atoms. The monoisotopic (exact) mass is 776 g/mol. The van der Waals surface area contributed by atoms with Gasteiger partial charge in [-0.1, -0.05) is 38.0 Å². The third kappa shape index (κ3) is 15.6. The number of amides is 3. The van der Waals surface area contributed by atoms with Gasteiger partial charge in [0.05, 0.1) is 30.2 Å². The molecular weight excluding hydrogens is 716 g/mol. The molecule has 306 valence electrons. The van der Waals surface area contributed by atoms with Crippen LogP contribution in [0.5, 0.6) is 0 Å². The van der Waals surface area contributed by atoms with Gasteiger partial charge in [0, 0.05) is 69.8 Å². The topological polar surface area (TPSA) is 224 Å². The van der Waals surface area contributed by atoms with Crippen LogP contribution in [0.15, 0.2) is 24.3 Å². The van der Waals surface area contributed by atoms with Crippen molar-refractivity contribution in [1.82, 2.24) is 35.8 Å². The molecule has 2 heterocycles. The van der Waals surface area contributed by atoms with Crippen molar-refractivity contribution in [2.75, 3.05) is 32.4 Å². The highest BCUT2D eigenvalue weighted by Gasteiger charge is 2.18. The lowest BCUT2D eigenvalue weighted by molar-refractivity contribution is -0.128. The first kappa shape index (κ1) is 45.3. The number of Topliss-reactive ketones (excluding diaryl/α,β-unsaturated/α-hetero) is 4. The predicted molar refractivity (Wildman–Crippen MR) is 216 cm³/mol. The van der Waals surface area contributed by atoms with Crippen LogP contribution < -0.4 is 27.0 Å². The molecule has 56 heavy (non-hydrogen) atoms. The second-order valence-corrected chi connectivity index (χ2v) is 14.3. The number of rotatable bonds is 29. The van der Waals surface area contributed by atoms with E-state index in [2.05, 4.69) is 37.7 Å². The summed E-state index contributed by atoms with van der Waals surface area (Å²) in [6.45, 7) is 4.39. The summed E-state index contributed by atoms with van der Waals surface area (Å²) in [5.41, 5.74) is 8.86. The molecule has 3 rings (SSSR count). The average molecular weight is 777 g/mol. The number of unbranched alkanes of at least 4 members (excludes halogenated alkanes) is 4. The van der Waals surface area contributed by atoms with Gasteiger partial charge in [-0.25, -0.2) is 9.97 Å². The minimum absolute atomic E-state index is 0.00271.